The molecule has 6 heteroatoms. The van der Waals surface area contributed by atoms with Gasteiger partial charge in [-0.1, -0.05) is 23.7 Å². The Hall–Kier alpha value is -1.82. The van der Waals surface area contributed by atoms with Crippen LogP contribution in [0.2, 0.25) is 5.02 Å². The average molecular weight is 334 g/mol. The van der Waals surface area contributed by atoms with Gasteiger partial charge in [-0.2, -0.15) is 5.10 Å². The fourth-order valence-electron chi connectivity index (χ4n) is 2.14. The lowest BCUT2D eigenvalue weighted by atomic mass is 10.2. The van der Waals surface area contributed by atoms with E-state index in [2.05, 4.69) is 28.6 Å². The van der Waals surface area contributed by atoms with E-state index in [1.165, 1.54) is 9.75 Å². The maximum Gasteiger partial charge on any atom is 0.0729 e. The molecular formula is C16H16ClN3OS. The third-order valence-corrected chi connectivity index (χ3v) is 4.57. The summed E-state index contributed by atoms with van der Waals surface area (Å²) in [4.78, 5) is 2.44. The summed E-state index contributed by atoms with van der Waals surface area (Å²) in [7, 11) is 0. The highest BCUT2D eigenvalue weighted by atomic mass is 35.5. The van der Waals surface area contributed by atoms with Gasteiger partial charge in [-0.05, 0) is 29.8 Å². The molecule has 114 valence electrons. The number of thiophene rings is 1. The molecule has 0 bridgehead atoms. The van der Waals surface area contributed by atoms with E-state index in [1.54, 1.807) is 22.2 Å². The zero-order chi connectivity index (χ0) is 15.4. The number of nitrogens with one attached hydrogen (secondary N) is 1. The molecule has 0 spiro atoms. The zero-order valence-corrected chi connectivity index (χ0v) is 13.4. The Labute approximate surface area is 138 Å². The van der Waals surface area contributed by atoms with Crippen molar-refractivity contribution < 1.29 is 5.11 Å². The number of benzene rings is 1. The van der Waals surface area contributed by atoms with Gasteiger partial charge in [-0.3, -0.25) is 4.68 Å². The van der Waals surface area contributed by atoms with Gasteiger partial charge in [0, 0.05) is 27.5 Å². The van der Waals surface area contributed by atoms with Gasteiger partial charge in [0.25, 0.3) is 0 Å². The Morgan fingerprint density at radius 3 is 3.00 bits per heavy atom. The van der Waals surface area contributed by atoms with Crippen molar-refractivity contribution in [3.8, 4) is 10.4 Å². The molecule has 2 N–H and O–H groups in total. The van der Waals surface area contributed by atoms with Crippen molar-refractivity contribution >= 4 is 28.6 Å². The number of hydrogen-bond acceptors (Lipinski definition) is 4. The molecule has 3 aromatic rings. The van der Waals surface area contributed by atoms with Crippen molar-refractivity contribution in [3.63, 3.8) is 0 Å². The largest absolute Gasteiger partial charge is 0.394 e. The maximum absolute atomic E-state index is 8.88. The quantitative estimate of drug-likeness (QED) is 0.720. The summed E-state index contributed by atoms with van der Waals surface area (Å²) in [6.07, 6.45) is 3.66. The first-order valence-electron chi connectivity index (χ1n) is 6.96. The maximum atomic E-state index is 8.88. The second kappa shape index (κ2) is 6.96. The van der Waals surface area contributed by atoms with Crippen molar-refractivity contribution in [2.24, 2.45) is 0 Å². The van der Waals surface area contributed by atoms with Crippen LogP contribution in [0.25, 0.3) is 10.4 Å². The van der Waals surface area contributed by atoms with Crippen LogP contribution in [0.3, 0.4) is 0 Å². The number of nitrogens with zero attached hydrogens (tertiary/aromatic N) is 2. The highest BCUT2D eigenvalue weighted by molar-refractivity contribution is 7.15. The number of rotatable bonds is 6. The summed E-state index contributed by atoms with van der Waals surface area (Å²) >= 11 is 7.78. The predicted octanol–water partition coefficient (Wildman–Crippen LogP) is 3.87. The van der Waals surface area contributed by atoms with Crippen LogP contribution in [0.1, 0.15) is 4.88 Å². The Morgan fingerprint density at radius 2 is 2.18 bits per heavy atom. The van der Waals surface area contributed by atoms with Crippen molar-refractivity contribution in [1.82, 2.24) is 9.78 Å². The molecule has 2 aromatic heterocycles. The molecule has 2 heterocycles. The van der Waals surface area contributed by atoms with E-state index in [-0.39, 0.29) is 6.61 Å². The second-order valence-corrected chi connectivity index (χ2v) is 6.45. The average Bonchev–Trinajstić information content (AvgIpc) is 3.15. The molecule has 0 radical (unpaired) electrons. The first-order valence-corrected chi connectivity index (χ1v) is 8.16. The van der Waals surface area contributed by atoms with Gasteiger partial charge in [0.2, 0.25) is 0 Å². The number of hydrogen-bond donors (Lipinski definition) is 2. The van der Waals surface area contributed by atoms with E-state index >= 15 is 0 Å². The number of aliphatic hydroxyl groups excluding tert-OH is 1. The smallest absolute Gasteiger partial charge is 0.0729 e. The van der Waals surface area contributed by atoms with Gasteiger partial charge >= 0.3 is 0 Å². The molecule has 0 saturated heterocycles. The molecule has 4 nitrogen and oxygen atoms in total. The highest BCUT2D eigenvalue weighted by Gasteiger charge is 2.04. The predicted molar refractivity (Wildman–Crippen MR) is 91.4 cm³/mol. The molecule has 0 aliphatic heterocycles. The van der Waals surface area contributed by atoms with Crippen molar-refractivity contribution in [3.05, 3.63) is 58.7 Å². The molecule has 0 aliphatic rings. The normalized spacial score (nSPS) is 10.8. The van der Waals surface area contributed by atoms with E-state index in [0.717, 1.165) is 22.8 Å². The fraction of sp³-hybridized carbons (Fsp3) is 0.188. The molecule has 0 saturated carbocycles. The minimum Gasteiger partial charge on any atom is -0.394 e. The molecule has 22 heavy (non-hydrogen) atoms. The van der Waals surface area contributed by atoms with Crippen LogP contribution in [-0.4, -0.2) is 21.5 Å². The lowest BCUT2D eigenvalue weighted by molar-refractivity contribution is 0.269. The summed E-state index contributed by atoms with van der Waals surface area (Å²) in [6.45, 7) is 1.35. The van der Waals surface area contributed by atoms with Gasteiger partial charge in [-0.15, -0.1) is 11.3 Å². The third-order valence-electron chi connectivity index (χ3n) is 3.20. The van der Waals surface area contributed by atoms with Crippen LogP contribution in [0.5, 0.6) is 0 Å². The van der Waals surface area contributed by atoms with Crippen LogP contribution < -0.4 is 5.32 Å². The van der Waals surface area contributed by atoms with Crippen LogP contribution in [0.15, 0.2) is 48.8 Å². The molecule has 3 rings (SSSR count). The van der Waals surface area contributed by atoms with Crippen LogP contribution in [-0.2, 0) is 13.1 Å². The molecule has 0 aliphatic carbocycles. The van der Waals surface area contributed by atoms with Crippen LogP contribution in [0, 0.1) is 0 Å². The Kier molecular flexibility index (Phi) is 4.77. The van der Waals surface area contributed by atoms with Gasteiger partial charge in [0.15, 0.2) is 0 Å². The SMILES string of the molecule is OCCn1cc(NCc2ccc(-c3cccc(Cl)c3)s2)cn1. The summed E-state index contributed by atoms with van der Waals surface area (Å²) in [5.74, 6) is 0. The molecule has 0 atom stereocenters. The monoisotopic (exact) mass is 333 g/mol. The van der Waals surface area contributed by atoms with Gasteiger partial charge in [0.05, 0.1) is 25.0 Å². The molecule has 0 unspecified atom stereocenters. The van der Waals surface area contributed by atoms with Crippen LogP contribution in [0.4, 0.5) is 5.69 Å². The number of anilines is 1. The van der Waals surface area contributed by atoms with Crippen molar-refractivity contribution in [2.45, 2.75) is 13.1 Å². The number of aromatic nitrogens is 2. The summed E-state index contributed by atoms with van der Waals surface area (Å²) in [5.41, 5.74) is 2.09. The molecular weight excluding hydrogens is 318 g/mol. The summed E-state index contributed by atoms with van der Waals surface area (Å²) in [6, 6.07) is 12.1. The van der Waals surface area contributed by atoms with Crippen molar-refractivity contribution in [2.75, 3.05) is 11.9 Å². The second-order valence-electron chi connectivity index (χ2n) is 4.85. The summed E-state index contributed by atoms with van der Waals surface area (Å²) in [5, 5.41) is 17.1. The van der Waals surface area contributed by atoms with Gasteiger partial charge in [-0.25, -0.2) is 0 Å². The highest BCUT2D eigenvalue weighted by Crippen LogP contribution is 2.30. The van der Waals surface area contributed by atoms with Crippen molar-refractivity contribution in [1.29, 1.82) is 0 Å². The standard InChI is InChI=1S/C16H16ClN3OS/c17-13-3-1-2-12(8-13)16-5-4-15(22-16)10-18-14-9-19-20(11-14)6-7-21/h1-5,8-9,11,18,21H,6-7,10H2. The lowest BCUT2D eigenvalue weighted by Crippen LogP contribution is -2.01. The van der Waals surface area contributed by atoms with E-state index in [9.17, 15) is 0 Å². The first kappa shape index (κ1) is 15.1. The molecule has 1 aromatic carbocycles. The van der Waals surface area contributed by atoms with Gasteiger partial charge in [0.1, 0.15) is 0 Å². The lowest BCUT2D eigenvalue weighted by Gasteiger charge is -2.01. The minimum absolute atomic E-state index is 0.0923. The fourth-order valence-corrected chi connectivity index (χ4v) is 3.27. The Bertz CT molecular complexity index is 753. The van der Waals surface area contributed by atoms with E-state index in [0.29, 0.717) is 6.54 Å². The van der Waals surface area contributed by atoms with E-state index in [1.807, 2.05) is 24.4 Å². The summed E-state index contributed by atoms with van der Waals surface area (Å²) < 4.78 is 1.72. The van der Waals surface area contributed by atoms with E-state index < -0.39 is 0 Å². The first-order chi connectivity index (χ1) is 10.7. The molecule has 0 fully saturated rings. The molecule has 0 amide bonds. The van der Waals surface area contributed by atoms with Crippen LogP contribution >= 0.6 is 22.9 Å². The number of aliphatic hydroxyl groups is 1. The topological polar surface area (TPSA) is 50.1 Å². The minimum atomic E-state index is 0.0923. The Balaban J connectivity index is 1.64. The zero-order valence-electron chi connectivity index (χ0n) is 11.9. The third kappa shape index (κ3) is 3.68. The Morgan fingerprint density at radius 1 is 1.27 bits per heavy atom. The number of halogens is 1. The van der Waals surface area contributed by atoms with E-state index in [4.69, 9.17) is 16.7 Å². The van der Waals surface area contributed by atoms with Gasteiger partial charge < -0.3 is 10.4 Å².